The lowest BCUT2D eigenvalue weighted by atomic mass is 10.2. The van der Waals surface area contributed by atoms with E-state index in [1.807, 2.05) is 0 Å². The lowest BCUT2D eigenvalue weighted by molar-refractivity contribution is -0.135. The number of rotatable bonds is 4. The molecule has 0 aliphatic carbocycles. The summed E-state index contributed by atoms with van der Waals surface area (Å²) in [4.78, 5) is 37.7. The zero-order valence-corrected chi connectivity index (χ0v) is 13.8. The van der Waals surface area contributed by atoms with Crippen molar-refractivity contribution in [2.24, 2.45) is 5.73 Å². The van der Waals surface area contributed by atoms with Gasteiger partial charge in [0.1, 0.15) is 23.4 Å². The second-order valence-electron chi connectivity index (χ2n) is 5.49. The van der Waals surface area contributed by atoms with Crippen LogP contribution in [0.3, 0.4) is 0 Å². The van der Waals surface area contributed by atoms with Gasteiger partial charge in [-0.15, -0.1) is 11.3 Å². The number of nitrogens with two attached hydrogens (primary N) is 1. The van der Waals surface area contributed by atoms with E-state index in [4.69, 9.17) is 5.73 Å². The molecule has 2 aromatic rings. The summed E-state index contributed by atoms with van der Waals surface area (Å²) in [5.41, 5.74) is 5.08. The molecule has 23 heavy (non-hydrogen) atoms. The summed E-state index contributed by atoms with van der Waals surface area (Å²) in [5.74, 6) is 0.141. The number of aryl methyl sites for hydroxylation is 1. The lowest BCUT2D eigenvalue weighted by Gasteiger charge is -2.35. The molecular weight excluding hydrogens is 314 g/mol. The first-order valence-corrected chi connectivity index (χ1v) is 8.44. The number of carbonyl (C=O) groups is 2. The van der Waals surface area contributed by atoms with E-state index in [0.717, 1.165) is 22.5 Å². The Hall–Kier alpha value is -2.22. The van der Waals surface area contributed by atoms with Crippen molar-refractivity contribution in [1.29, 1.82) is 0 Å². The Bertz CT molecular complexity index is 737. The number of fused-ring (bicyclic) bond motifs is 1. The Morgan fingerprint density at radius 2 is 2.00 bits per heavy atom. The Kier molecular flexibility index (Phi) is 4.42. The van der Waals surface area contributed by atoms with Crippen LogP contribution < -0.4 is 10.6 Å². The molecule has 2 amide bonds. The molecule has 0 aromatic carbocycles. The van der Waals surface area contributed by atoms with Crippen LogP contribution in [0.1, 0.15) is 18.2 Å². The molecule has 0 spiro atoms. The summed E-state index contributed by atoms with van der Waals surface area (Å²) in [6, 6.07) is 2.15. The number of aromatic nitrogens is 2. The number of piperazine rings is 1. The van der Waals surface area contributed by atoms with Gasteiger partial charge in [-0.1, -0.05) is 6.92 Å². The number of hydrogen-bond donors (Lipinski definition) is 1. The van der Waals surface area contributed by atoms with Crippen LogP contribution in [0.5, 0.6) is 0 Å². The number of carbonyl (C=O) groups excluding carboxylic acids is 2. The fraction of sp³-hybridized carbons (Fsp3) is 0.467. The van der Waals surface area contributed by atoms with Gasteiger partial charge in [0.2, 0.25) is 11.8 Å². The summed E-state index contributed by atoms with van der Waals surface area (Å²) in [7, 11) is 0. The molecule has 0 saturated carbocycles. The highest BCUT2D eigenvalue weighted by Gasteiger charge is 2.24. The van der Waals surface area contributed by atoms with Crippen LogP contribution in [0.4, 0.5) is 5.82 Å². The molecule has 3 rings (SSSR count). The maximum absolute atomic E-state index is 11.9. The fourth-order valence-corrected chi connectivity index (χ4v) is 3.68. The van der Waals surface area contributed by atoms with Gasteiger partial charge in [0.25, 0.3) is 0 Å². The molecule has 1 aliphatic heterocycles. The van der Waals surface area contributed by atoms with Crippen molar-refractivity contribution in [1.82, 2.24) is 14.9 Å². The van der Waals surface area contributed by atoms with Gasteiger partial charge in [-0.3, -0.25) is 9.59 Å². The number of primary amides is 1. The molecule has 0 bridgehead atoms. The molecule has 2 aromatic heterocycles. The highest BCUT2D eigenvalue weighted by atomic mass is 32.1. The first-order valence-electron chi connectivity index (χ1n) is 7.63. The summed E-state index contributed by atoms with van der Waals surface area (Å²) in [6.45, 7) is 4.65. The lowest BCUT2D eigenvalue weighted by Crippen LogP contribution is -2.49. The van der Waals surface area contributed by atoms with E-state index in [-0.39, 0.29) is 12.3 Å². The van der Waals surface area contributed by atoms with Crippen LogP contribution in [0.2, 0.25) is 0 Å². The van der Waals surface area contributed by atoms with Crippen molar-refractivity contribution in [3.8, 4) is 0 Å². The number of hydrogen-bond acceptors (Lipinski definition) is 6. The minimum Gasteiger partial charge on any atom is -0.369 e. The molecule has 122 valence electrons. The SMILES string of the molecule is CCc1cc2c(N3CCN(C(=O)CC(N)=O)CC3)ncnc2s1. The predicted octanol–water partition coefficient (Wildman–Crippen LogP) is 0.778. The first-order chi connectivity index (χ1) is 11.1. The highest BCUT2D eigenvalue weighted by molar-refractivity contribution is 7.18. The Balaban J connectivity index is 1.74. The van der Waals surface area contributed by atoms with E-state index in [9.17, 15) is 9.59 Å². The smallest absolute Gasteiger partial charge is 0.232 e. The topological polar surface area (TPSA) is 92.4 Å². The van der Waals surface area contributed by atoms with E-state index >= 15 is 0 Å². The monoisotopic (exact) mass is 333 g/mol. The van der Waals surface area contributed by atoms with Crippen LogP contribution in [0, 0.1) is 0 Å². The van der Waals surface area contributed by atoms with Gasteiger partial charge >= 0.3 is 0 Å². The molecule has 1 aliphatic rings. The van der Waals surface area contributed by atoms with Crippen molar-refractivity contribution in [3.05, 3.63) is 17.3 Å². The molecule has 1 saturated heterocycles. The largest absolute Gasteiger partial charge is 0.369 e. The van der Waals surface area contributed by atoms with Crippen LogP contribution in [-0.4, -0.2) is 52.9 Å². The Labute approximate surface area is 138 Å². The van der Waals surface area contributed by atoms with Crippen molar-refractivity contribution < 1.29 is 9.59 Å². The van der Waals surface area contributed by atoms with Gasteiger partial charge in [0.05, 0.1) is 5.39 Å². The first kappa shape index (κ1) is 15.7. The predicted molar refractivity (Wildman–Crippen MR) is 89.4 cm³/mol. The number of anilines is 1. The van der Waals surface area contributed by atoms with Crippen LogP contribution >= 0.6 is 11.3 Å². The highest BCUT2D eigenvalue weighted by Crippen LogP contribution is 2.30. The van der Waals surface area contributed by atoms with Crippen LogP contribution in [0.25, 0.3) is 10.2 Å². The van der Waals surface area contributed by atoms with Crippen molar-refractivity contribution >= 4 is 39.2 Å². The minimum atomic E-state index is -0.583. The molecule has 0 atom stereocenters. The fourth-order valence-electron chi connectivity index (χ4n) is 2.75. The molecule has 8 heteroatoms. The van der Waals surface area contributed by atoms with Crippen molar-refractivity contribution in [3.63, 3.8) is 0 Å². The zero-order valence-electron chi connectivity index (χ0n) is 13.0. The maximum Gasteiger partial charge on any atom is 0.232 e. The summed E-state index contributed by atoms with van der Waals surface area (Å²) in [6.07, 6.45) is 2.36. The number of nitrogens with zero attached hydrogens (tertiary/aromatic N) is 4. The molecule has 1 fully saturated rings. The molecule has 0 radical (unpaired) electrons. The van der Waals surface area contributed by atoms with Crippen LogP contribution in [0.15, 0.2) is 12.4 Å². The molecule has 2 N–H and O–H groups in total. The molecule has 0 unspecified atom stereocenters. The van der Waals surface area contributed by atoms with Gasteiger partial charge < -0.3 is 15.5 Å². The number of thiophene rings is 1. The normalized spacial score (nSPS) is 15.2. The van der Waals surface area contributed by atoms with E-state index in [1.54, 1.807) is 22.6 Å². The van der Waals surface area contributed by atoms with Crippen molar-refractivity contribution in [2.45, 2.75) is 19.8 Å². The minimum absolute atomic E-state index is 0.200. The summed E-state index contributed by atoms with van der Waals surface area (Å²) >= 11 is 1.69. The van der Waals surface area contributed by atoms with Gasteiger partial charge in [0, 0.05) is 31.1 Å². The third kappa shape index (κ3) is 3.26. The molecular formula is C15H19N5O2S. The maximum atomic E-state index is 11.9. The average molecular weight is 333 g/mol. The van der Waals surface area contributed by atoms with Crippen LogP contribution in [-0.2, 0) is 16.0 Å². The van der Waals surface area contributed by atoms with Gasteiger partial charge in [-0.2, -0.15) is 0 Å². The zero-order chi connectivity index (χ0) is 16.4. The quantitative estimate of drug-likeness (QED) is 0.835. The van der Waals surface area contributed by atoms with E-state index in [2.05, 4.69) is 27.9 Å². The Morgan fingerprint density at radius 3 is 2.65 bits per heavy atom. The molecule has 7 nitrogen and oxygen atoms in total. The van der Waals surface area contributed by atoms with Crippen molar-refractivity contribution in [2.75, 3.05) is 31.1 Å². The molecule has 3 heterocycles. The van der Waals surface area contributed by atoms with E-state index < -0.39 is 5.91 Å². The summed E-state index contributed by atoms with van der Waals surface area (Å²) < 4.78 is 0. The van der Waals surface area contributed by atoms with Gasteiger partial charge in [-0.25, -0.2) is 9.97 Å². The van der Waals surface area contributed by atoms with E-state index in [0.29, 0.717) is 26.2 Å². The average Bonchev–Trinajstić information content (AvgIpc) is 2.97. The van der Waals surface area contributed by atoms with Gasteiger partial charge in [0.15, 0.2) is 0 Å². The van der Waals surface area contributed by atoms with E-state index in [1.165, 1.54) is 4.88 Å². The third-order valence-corrected chi connectivity index (χ3v) is 5.15. The standard InChI is InChI=1S/C15H19N5O2S/c1-2-10-7-11-14(17-9-18-15(11)23-10)20-5-3-19(4-6-20)13(22)8-12(16)21/h7,9H,2-6,8H2,1H3,(H2,16,21). The third-order valence-electron chi connectivity index (χ3n) is 3.97. The number of amides is 2. The second-order valence-corrected chi connectivity index (χ2v) is 6.61. The Morgan fingerprint density at radius 1 is 1.26 bits per heavy atom. The van der Waals surface area contributed by atoms with Gasteiger partial charge in [-0.05, 0) is 12.5 Å². The summed E-state index contributed by atoms with van der Waals surface area (Å²) in [5, 5.41) is 1.08. The second kappa shape index (κ2) is 6.49.